The maximum atomic E-state index is 12.6. The molecule has 4 rings (SSSR count). The number of fused-ring (bicyclic) bond motifs is 1. The second-order valence-corrected chi connectivity index (χ2v) is 5.81. The first-order chi connectivity index (χ1) is 13.1. The Labute approximate surface area is 155 Å². The van der Waals surface area contributed by atoms with E-state index in [2.05, 4.69) is 9.97 Å². The molecule has 3 aromatic rings. The van der Waals surface area contributed by atoms with Crippen molar-refractivity contribution in [3.05, 3.63) is 65.7 Å². The highest BCUT2D eigenvalue weighted by molar-refractivity contribution is 6.34. The molecular weight excluding hydrogens is 346 g/mol. The molecule has 0 N–H and O–H groups in total. The SMILES string of the molecule is COc1cc(OC)nc(-c2ccc(N3C(=O)c4ccccc4C3=O)cc2)n1. The van der Waals surface area contributed by atoms with Gasteiger partial charge >= 0.3 is 0 Å². The normalized spacial score (nSPS) is 12.9. The number of aromatic nitrogens is 2. The number of carbonyl (C=O) groups is 2. The van der Waals surface area contributed by atoms with E-state index in [1.807, 2.05) is 0 Å². The van der Waals surface area contributed by atoms with Crippen molar-refractivity contribution in [3.8, 4) is 23.1 Å². The van der Waals surface area contributed by atoms with Crippen LogP contribution in [-0.4, -0.2) is 36.0 Å². The Morgan fingerprint density at radius 1 is 0.778 bits per heavy atom. The van der Waals surface area contributed by atoms with Crippen LogP contribution >= 0.6 is 0 Å². The number of anilines is 1. The first-order valence-electron chi connectivity index (χ1n) is 8.17. The molecule has 2 aromatic carbocycles. The van der Waals surface area contributed by atoms with Crippen molar-refractivity contribution < 1.29 is 19.1 Å². The van der Waals surface area contributed by atoms with Gasteiger partial charge in [-0.2, -0.15) is 9.97 Å². The fourth-order valence-corrected chi connectivity index (χ4v) is 2.93. The lowest BCUT2D eigenvalue weighted by molar-refractivity contribution is 0.0926. The summed E-state index contributed by atoms with van der Waals surface area (Å²) in [6.07, 6.45) is 0. The Bertz CT molecular complexity index is 990. The van der Waals surface area contributed by atoms with Crippen molar-refractivity contribution in [2.24, 2.45) is 0 Å². The monoisotopic (exact) mass is 361 g/mol. The van der Waals surface area contributed by atoms with Crippen molar-refractivity contribution in [2.45, 2.75) is 0 Å². The molecule has 0 unspecified atom stereocenters. The lowest BCUT2D eigenvalue weighted by Crippen LogP contribution is -2.29. The van der Waals surface area contributed by atoms with Gasteiger partial charge in [0.1, 0.15) is 0 Å². The molecule has 0 saturated heterocycles. The van der Waals surface area contributed by atoms with Gasteiger partial charge in [0.25, 0.3) is 11.8 Å². The molecule has 0 aliphatic carbocycles. The van der Waals surface area contributed by atoms with E-state index in [0.29, 0.717) is 40.0 Å². The predicted molar refractivity (Wildman–Crippen MR) is 98.2 cm³/mol. The zero-order valence-electron chi connectivity index (χ0n) is 14.7. The molecule has 27 heavy (non-hydrogen) atoms. The summed E-state index contributed by atoms with van der Waals surface area (Å²) in [4.78, 5) is 34.9. The molecule has 1 aromatic heterocycles. The summed E-state index contributed by atoms with van der Waals surface area (Å²) in [7, 11) is 3.02. The van der Waals surface area contributed by atoms with Crippen LogP contribution in [0.5, 0.6) is 11.8 Å². The summed E-state index contributed by atoms with van der Waals surface area (Å²) in [5.74, 6) is 0.507. The van der Waals surface area contributed by atoms with Crippen molar-refractivity contribution in [1.29, 1.82) is 0 Å². The highest BCUT2D eigenvalue weighted by atomic mass is 16.5. The maximum absolute atomic E-state index is 12.6. The summed E-state index contributed by atoms with van der Waals surface area (Å²) < 4.78 is 10.3. The van der Waals surface area contributed by atoms with Crippen LogP contribution in [-0.2, 0) is 0 Å². The van der Waals surface area contributed by atoms with Crippen LogP contribution in [0.4, 0.5) is 5.69 Å². The Hall–Kier alpha value is -3.74. The molecule has 0 bridgehead atoms. The standard InChI is InChI=1S/C20H15N3O4/c1-26-16-11-17(27-2)22-18(21-16)12-7-9-13(10-8-12)23-19(24)14-5-3-4-6-15(14)20(23)25/h3-11H,1-2H3. The molecule has 1 aliphatic heterocycles. The number of hydrogen-bond donors (Lipinski definition) is 0. The van der Waals surface area contributed by atoms with E-state index in [4.69, 9.17) is 9.47 Å². The lowest BCUT2D eigenvalue weighted by Gasteiger charge is -2.14. The Kier molecular flexibility index (Phi) is 4.04. The second-order valence-electron chi connectivity index (χ2n) is 5.81. The van der Waals surface area contributed by atoms with Crippen molar-refractivity contribution in [2.75, 3.05) is 19.1 Å². The number of methoxy groups -OCH3 is 2. The Morgan fingerprint density at radius 2 is 1.30 bits per heavy atom. The summed E-state index contributed by atoms with van der Waals surface area (Å²) in [5, 5.41) is 0. The van der Waals surface area contributed by atoms with Gasteiger partial charge in [-0.25, -0.2) is 4.90 Å². The fraction of sp³-hybridized carbons (Fsp3) is 0.100. The second kappa shape index (κ2) is 6.53. The largest absolute Gasteiger partial charge is 0.481 e. The van der Waals surface area contributed by atoms with Crippen molar-refractivity contribution >= 4 is 17.5 Å². The van der Waals surface area contributed by atoms with Crippen LogP contribution in [0.2, 0.25) is 0 Å². The zero-order valence-corrected chi connectivity index (χ0v) is 14.7. The number of ether oxygens (including phenoxy) is 2. The van der Waals surface area contributed by atoms with Crippen LogP contribution in [0.15, 0.2) is 54.6 Å². The minimum Gasteiger partial charge on any atom is -0.481 e. The molecular formula is C20H15N3O4. The van der Waals surface area contributed by atoms with E-state index in [9.17, 15) is 9.59 Å². The summed E-state index contributed by atoms with van der Waals surface area (Å²) in [5.41, 5.74) is 2.01. The first kappa shape index (κ1) is 16.7. The molecule has 0 radical (unpaired) electrons. The molecule has 0 atom stereocenters. The third kappa shape index (κ3) is 2.79. The van der Waals surface area contributed by atoms with E-state index in [-0.39, 0.29) is 11.8 Å². The molecule has 134 valence electrons. The van der Waals surface area contributed by atoms with Gasteiger partial charge < -0.3 is 9.47 Å². The van der Waals surface area contributed by atoms with Gasteiger partial charge in [-0.15, -0.1) is 0 Å². The molecule has 7 nitrogen and oxygen atoms in total. The highest BCUT2D eigenvalue weighted by Gasteiger charge is 2.36. The van der Waals surface area contributed by atoms with E-state index >= 15 is 0 Å². The maximum Gasteiger partial charge on any atom is 0.266 e. The number of amides is 2. The summed E-state index contributed by atoms with van der Waals surface area (Å²) in [6, 6.07) is 15.2. The van der Waals surface area contributed by atoms with Gasteiger partial charge in [-0.1, -0.05) is 12.1 Å². The van der Waals surface area contributed by atoms with Gasteiger partial charge in [0.05, 0.1) is 37.1 Å². The third-order valence-corrected chi connectivity index (χ3v) is 4.28. The summed E-state index contributed by atoms with van der Waals surface area (Å²) in [6.45, 7) is 0. The number of imide groups is 1. The number of benzene rings is 2. The van der Waals surface area contributed by atoms with Crippen LogP contribution in [0.1, 0.15) is 20.7 Å². The molecule has 2 amide bonds. The van der Waals surface area contributed by atoms with Gasteiger partial charge in [0, 0.05) is 5.56 Å². The molecule has 0 spiro atoms. The first-order valence-corrected chi connectivity index (χ1v) is 8.17. The Balaban J connectivity index is 1.68. The van der Waals surface area contributed by atoms with E-state index in [1.165, 1.54) is 19.1 Å². The zero-order chi connectivity index (χ0) is 19.0. The highest BCUT2D eigenvalue weighted by Crippen LogP contribution is 2.30. The molecule has 2 heterocycles. The fourth-order valence-electron chi connectivity index (χ4n) is 2.93. The number of nitrogens with zero attached hydrogens (tertiary/aromatic N) is 3. The molecule has 0 saturated carbocycles. The van der Waals surface area contributed by atoms with E-state index in [0.717, 1.165) is 0 Å². The number of rotatable bonds is 4. The molecule has 1 aliphatic rings. The minimum atomic E-state index is -0.331. The summed E-state index contributed by atoms with van der Waals surface area (Å²) >= 11 is 0. The van der Waals surface area contributed by atoms with E-state index < -0.39 is 0 Å². The quantitative estimate of drug-likeness (QED) is 0.665. The lowest BCUT2D eigenvalue weighted by atomic mass is 10.1. The van der Waals surface area contributed by atoms with Crippen molar-refractivity contribution in [1.82, 2.24) is 9.97 Å². The number of hydrogen-bond acceptors (Lipinski definition) is 6. The van der Waals surface area contributed by atoms with Crippen LogP contribution in [0.25, 0.3) is 11.4 Å². The molecule has 7 heteroatoms. The predicted octanol–water partition coefficient (Wildman–Crippen LogP) is 2.96. The van der Waals surface area contributed by atoms with Gasteiger partial charge in [0.15, 0.2) is 5.82 Å². The van der Waals surface area contributed by atoms with Crippen LogP contribution in [0, 0.1) is 0 Å². The minimum absolute atomic E-state index is 0.331. The van der Waals surface area contributed by atoms with Gasteiger partial charge in [-0.05, 0) is 36.4 Å². The molecule has 0 fully saturated rings. The topological polar surface area (TPSA) is 81.6 Å². The smallest absolute Gasteiger partial charge is 0.266 e. The average Bonchev–Trinajstić information content (AvgIpc) is 2.98. The average molecular weight is 361 g/mol. The number of carbonyl (C=O) groups excluding carboxylic acids is 2. The third-order valence-electron chi connectivity index (χ3n) is 4.28. The van der Waals surface area contributed by atoms with Crippen molar-refractivity contribution in [3.63, 3.8) is 0 Å². The Morgan fingerprint density at radius 3 is 1.78 bits per heavy atom. The van der Waals surface area contributed by atoms with Crippen LogP contribution in [0.3, 0.4) is 0 Å². The van der Waals surface area contributed by atoms with Crippen LogP contribution < -0.4 is 14.4 Å². The van der Waals surface area contributed by atoms with Gasteiger partial charge in [0.2, 0.25) is 11.8 Å². The van der Waals surface area contributed by atoms with E-state index in [1.54, 1.807) is 54.6 Å². The van der Waals surface area contributed by atoms with Gasteiger partial charge in [-0.3, -0.25) is 9.59 Å².